The first-order chi connectivity index (χ1) is 12.2. The van der Waals surface area contributed by atoms with Crippen LogP contribution in [0.2, 0.25) is 10.0 Å². The van der Waals surface area contributed by atoms with Gasteiger partial charge in [-0.2, -0.15) is 8.12 Å². The van der Waals surface area contributed by atoms with E-state index < -0.39 is 20.2 Å². The molecule has 26 heavy (non-hydrogen) atoms. The summed E-state index contributed by atoms with van der Waals surface area (Å²) >= 11 is 31.0. The molecule has 0 radical (unpaired) electrons. The highest BCUT2D eigenvalue weighted by Crippen LogP contribution is 2.46. The predicted molar refractivity (Wildman–Crippen MR) is 111 cm³/mol. The lowest BCUT2D eigenvalue weighted by Gasteiger charge is -2.18. The van der Waals surface area contributed by atoms with Crippen LogP contribution >= 0.6 is 80.4 Å². The maximum absolute atomic E-state index is 6.42. The molecular formula is C12H13Cl5N3O3P3. The van der Waals surface area contributed by atoms with E-state index in [2.05, 4.69) is 4.51 Å². The van der Waals surface area contributed by atoms with Crippen molar-refractivity contribution in [1.29, 1.82) is 0 Å². The lowest BCUT2D eigenvalue weighted by Crippen LogP contribution is -2.22. The molecule has 1 aliphatic heterocycles. The second-order valence-electron chi connectivity index (χ2n) is 5.75. The standard InChI is InChI=1S/C12H13Cl5N3O3P3/c1-12(2)21-6-8(22-12)5-7-3-4-9(11(14)10(7)13)23-20-24-18-25(16)19(15)26(20)17/h3-4,8H,5-6H2,1-2H3. The number of aromatic nitrogens is 3. The Bertz CT molecular complexity index is 861. The van der Waals surface area contributed by atoms with Crippen molar-refractivity contribution in [2.45, 2.75) is 32.2 Å². The van der Waals surface area contributed by atoms with Gasteiger partial charge in [-0.25, -0.2) is 0 Å². The molecule has 3 unspecified atom stereocenters. The van der Waals surface area contributed by atoms with Gasteiger partial charge in [0.15, 0.2) is 34.5 Å². The van der Waals surface area contributed by atoms with Crippen molar-refractivity contribution >= 4 is 80.4 Å². The van der Waals surface area contributed by atoms with Crippen molar-refractivity contribution in [2.75, 3.05) is 6.61 Å². The zero-order valence-corrected chi connectivity index (χ0v) is 19.9. The second-order valence-corrected chi connectivity index (χ2v) is 13.1. The van der Waals surface area contributed by atoms with Crippen LogP contribution in [0.1, 0.15) is 19.4 Å². The number of benzene rings is 1. The number of ether oxygens (including phenoxy) is 2. The molecule has 1 aromatic carbocycles. The minimum Gasteiger partial charge on any atom is -0.363 e. The first kappa shape index (κ1) is 21.4. The van der Waals surface area contributed by atoms with E-state index in [4.69, 9.17) is 71.8 Å². The average Bonchev–Trinajstić information content (AvgIpc) is 2.93. The fourth-order valence-corrected chi connectivity index (χ4v) is 8.71. The first-order valence-electron chi connectivity index (χ1n) is 7.24. The minimum atomic E-state index is -1.50. The molecule has 0 saturated carbocycles. The van der Waals surface area contributed by atoms with Crippen LogP contribution in [-0.4, -0.2) is 30.9 Å². The molecule has 0 aliphatic carbocycles. The van der Waals surface area contributed by atoms with Crippen molar-refractivity contribution in [3.05, 3.63) is 27.7 Å². The Kier molecular flexibility index (Phi) is 7.07. The summed E-state index contributed by atoms with van der Waals surface area (Å²) in [7, 11) is -2.40. The Balaban J connectivity index is 1.81. The number of hydrogen-bond acceptors (Lipinski definition) is 4. The van der Waals surface area contributed by atoms with E-state index in [1.165, 1.54) is 7.87 Å². The topological polar surface area (TPSA) is 50.4 Å². The third-order valence-electron chi connectivity index (χ3n) is 3.43. The van der Waals surface area contributed by atoms with Gasteiger partial charge in [0.25, 0.3) is 0 Å². The molecule has 0 amide bonds. The Morgan fingerprint density at radius 1 is 1.35 bits per heavy atom. The van der Waals surface area contributed by atoms with Gasteiger partial charge in [-0.1, -0.05) is 33.5 Å². The van der Waals surface area contributed by atoms with E-state index in [1.807, 2.05) is 19.9 Å². The summed E-state index contributed by atoms with van der Waals surface area (Å²) in [6, 6.07) is 3.55. The summed E-state index contributed by atoms with van der Waals surface area (Å²) in [4.78, 5) is 5.73. The summed E-state index contributed by atoms with van der Waals surface area (Å²) in [6.45, 7) is 4.24. The zero-order chi connectivity index (χ0) is 19.1. The smallest absolute Gasteiger partial charge is 0.189 e. The van der Waals surface area contributed by atoms with Crippen LogP contribution in [0.3, 0.4) is 0 Å². The maximum Gasteiger partial charge on any atom is 0.189 e. The van der Waals surface area contributed by atoms with Crippen molar-refractivity contribution < 1.29 is 14.3 Å². The van der Waals surface area contributed by atoms with E-state index in [0.717, 1.165) is 5.56 Å². The quantitative estimate of drug-likeness (QED) is 0.430. The van der Waals surface area contributed by atoms with Gasteiger partial charge >= 0.3 is 0 Å². The molecule has 0 bridgehead atoms. The molecule has 3 rings (SSSR count). The largest absolute Gasteiger partial charge is 0.363 e. The molecule has 0 spiro atoms. The Hall–Kier alpha value is 0.690. The first-order valence-corrected chi connectivity index (χ1v) is 13.4. The summed E-state index contributed by atoms with van der Waals surface area (Å²) in [5.74, 6) is -0.237. The van der Waals surface area contributed by atoms with E-state index in [1.54, 1.807) is 6.07 Å². The average molecular weight is 517 g/mol. The van der Waals surface area contributed by atoms with Crippen LogP contribution in [0.15, 0.2) is 12.1 Å². The number of halogens is 5. The SMILES string of the molecule is CC1(C)OCC(Cc2ccc(On3pnp(Cl)n(Cl)p3Cl)c(Cl)c2Cl)O1. The molecular weight excluding hydrogens is 504 g/mol. The predicted octanol–water partition coefficient (Wildman–Crippen LogP) is 7.21. The molecule has 144 valence electrons. The van der Waals surface area contributed by atoms with E-state index >= 15 is 0 Å². The van der Waals surface area contributed by atoms with Crippen molar-refractivity contribution in [2.24, 2.45) is 0 Å². The van der Waals surface area contributed by atoms with Crippen LogP contribution in [-0.2, 0) is 15.9 Å². The highest BCUT2D eigenvalue weighted by molar-refractivity contribution is 7.85. The van der Waals surface area contributed by atoms with E-state index in [-0.39, 0.29) is 11.1 Å². The lowest BCUT2D eigenvalue weighted by molar-refractivity contribution is -0.138. The van der Waals surface area contributed by atoms with Gasteiger partial charge in [0.1, 0.15) is 5.02 Å². The number of rotatable bonds is 4. The zero-order valence-electron chi connectivity index (χ0n) is 13.4. The molecule has 3 atom stereocenters. The molecule has 2 aromatic rings. The Labute approximate surface area is 178 Å². The second kappa shape index (κ2) is 8.59. The maximum atomic E-state index is 6.42. The number of hydrogen-bond donors (Lipinski definition) is 0. The minimum absolute atomic E-state index is 0.0896. The monoisotopic (exact) mass is 515 g/mol. The lowest BCUT2D eigenvalue weighted by atomic mass is 10.1. The van der Waals surface area contributed by atoms with Gasteiger partial charge in [-0.05, 0) is 48.0 Å². The third kappa shape index (κ3) is 4.81. The summed E-state index contributed by atoms with van der Waals surface area (Å²) in [5, 5.41) is 0.668. The van der Waals surface area contributed by atoms with E-state index in [9.17, 15) is 0 Å². The molecule has 6 nitrogen and oxygen atoms in total. The fourth-order valence-electron chi connectivity index (χ4n) is 2.31. The Morgan fingerprint density at radius 3 is 2.73 bits per heavy atom. The molecule has 1 fully saturated rings. The molecule has 1 aromatic heterocycles. The van der Waals surface area contributed by atoms with Crippen LogP contribution in [0.4, 0.5) is 0 Å². The van der Waals surface area contributed by atoms with Crippen LogP contribution in [0.25, 0.3) is 0 Å². The molecule has 2 heterocycles. The van der Waals surface area contributed by atoms with Crippen molar-refractivity contribution in [1.82, 2.24) is 12.4 Å². The highest BCUT2D eigenvalue weighted by atomic mass is 35.7. The van der Waals surface area contributed by atoms with Gasteiger partial charge in [0.2, 0.25) is 0 Å². The molecule has 0 N–H and O–H groups in total. The van der Waals surface area contributed by atoms with Crippen LogP contribution in [0, 0.1) is 0 Å². The molecule has 1 aliphatic rings. The summed E-state index contributed by atoms with van der Waals surface area (Å²) in [6.07, 6.45) is 0.488. The van der Waals surface area contributed by atoms with Gasteiger partial charge in [-0.3, -0.25) is 0 Å². The third-order valence-corrected chi connectivity index (χ3v) is 12.3. The fraction of sp³-hybridized carbons (Fsp3) is 0.500. The van der Waals surface area contributed by atoms with Gasteiger partial charge in [0.05, 0.1) is 17.7 Å². The highest BCUT2D eigenvalue weighted by Gasteiger charge is 2.33. The van der Waals surface area contributed by atoms with Crippen molar-refractivity contribution in [3.63, 3.8) is 0 Å². The van der Waals surface area contributed by atoms with Gasteiger partial charge in [-0.15, -0.1) is 0 Å². The van der Waals surface area contributed by atoms with Gasteiger partial charge in [0, 0.05) is 18.2 Å². The van der Waals surface area contributed by atoms with E-state index in [0.29, 0.717) is 32.3 Å². The van der Waals surface area contributed by atoms with Gasteiger partial charge < -0.3 is 14.3 Å². The molecule has 1 saturated heterocycles. The summed E-state index contributed by atoms with van der Waals surface area (Å²) < 4.78 is 18.1. The van der Waals surface area contributed by atoms with Crippen LogP contribution < -0.4 is 4.84 Å². The van der Waals surface area contributed by atoms with Crippen molar-refractivity contribution in [3.8, 4) is 5.75 Å². The molecule has 14 heteroatoms. The Morgan fingerprint density at radius 2 is 2.08 bits per heavy atom. The normalized spacial score (nSPS) is 20.7. The summed E-state index contributed by atoms with van der Waals surface area (Å²) in [5.41, 5.74) is 0.840. The number of nitrogens with zero attached hydrogens (tertiary/aromatic N) is 3. The van der Waals surface area contributed by atoms with Crippen LogP contribution in [0.5, 0.6) is 5.75 Å².